The standard InChI is InChI=1S/C11H16N2O3/c1-4-8-5-6-9(16-8)11(15)13(3)7-10(14)12-2/h5-6H,4,7H2,1-3H3,(H,12,14). The minimum absolute atomic E-state index is 0.0253. The maximum atomic E-state index is 11.8. The van der Waals surface area contributed by atoms with Crippen molar-refractivity contribution in [1.82, 2.24) is 10.2 Å². The van der Waals surface area contributed by atoms with Crippen LogP contribution < -0.4 is 5.32 Å². The Morgan fingerprint density at radius 3 is 2.62 bits per heavy atom. The molecule has 5 heteroatoms. The number of hydrogen-bond acceptors (Lipinski definition) is 3. The molecule has 0 fully saturated rings. The summed E-state index contributed by atoms with van der Waals surface area (Å²) < 4.78 is 5.31. The molecule has 0 atom stereocenters. The van der Waals surface area contributed by atoms with Gasteiger partial charge in [-0.1, -0.05) is 6.92 Å². The van der Waals surface area contributed by atoms with Crippen LogP contribution in [0, 0.1) is 0 Å². The lowest BCUT2D eigenvalue weighted by Gasteiger charge is -2.14. The summed E-state index contributed by atoms with van der Waals surface area (Å²) in [6, 6.07) is 3.39. The van der Waals surface area contributed by atoms with Crippen molar-refractivity contribution < 1.29 is 14.0 Å². The van der Waals surface area contributed by atoms with Crippen molar-refractivity contribution in [3.05, 3.63) is 23.7 Å². The smallest absolute Gasteiger partial charge is 0.289 e. The first kappa shape index (κ1) is 12.3. The van der Waals surface area contributed by atoms with Crippen LogP contribution in [0.3, 0.4) is 0 Å². The predicted molar refractivity (Wildman–Crippen MR) is 59.1 cm³/mol. The summed E-state index contributed by atoms with van der Waals surface area (Å²) in [5, 5.41) is 2.46. The van der Waals surface area contributed by atoms with Gasteiger partial charge in [0.05, 0.1) is 6.54 Å². The quantitative estimate of drug-likeness (QED) is 0.817. The van der Waals surface area contributed by atoms with E-state index in [0.717, 1.165) is 12.2 Å². The van der Waals surface area contributed by atoms with Crippen molar-refractivity contribution in [1.29, 1.82) is 0 Å². The van der Waals surface area contributed by atoms with Gasteiger partial charge < -0.3 is 14.6 Å². The fourth-order valence-electron chi connectivity index (χ4n) is 1.24. The lowest BCUT2D eigenvalue weighted by Crippen LogP contribution is -2.36. The largest absolute Gasteiger partial charge is 0.456 e. The van der Waals surface area contributed by atoms with E-state index in [1.165, 1.54) is 11.9 Å². The van der Waals surface area contributed by atoms with Gasteiger partial charge in [0, 0.05) is 20.5 Å². The summed E-state index contributed by atoms with van der Waals surface area (Å²) in [4.78, 5) is 24.2. The molecule has 1 heterocycles. The molecule has 2 amide bonds. The van der Waals surface area contributed by atoms with Crippen LogP contribution in [-0.2, 0) is 11.2 Å². The number of nitrogens with one attached hydrogen (secondary N) is 1. The second-order valence-corrected chi connectivity index (χ2v) is 3.45. The second-order valence-electron chi connectivity index (χ2n) is 3.45. The molecule has 0 aromatic carbocycles. The first-order chi connectivity index (χ1) is 7.58. The van der Waals surface area contributed by atoms with Crippen LogP contribution in [0.1, 0.15) is 23.2 Å². The van der Waals surface area contributed by atoms with Gasteiger partial charge in [-0.2, -0.15) is 0 Å². The molecule has 16 heavy (non-hydrogen) atoms. The normalized spacial score (nSPS) is 9.94. The molecule has 0 spiro atoms. The lowest BCUT2D eigenvalue weighted by atomic mass is 10.3. The molecular formula is C11H16N2O3. The summed E-state index contributed by atoms with van der Waals surface area (Å²) in [5.41, 5.74) is 0. The highest BCUT2D eigenvalue weighted by atomic mass is 16.4. The van der Waals surface area contributed by atoms with Crippen molar-refractivity contribution in [2.24, 2.45) is 0 Å². The fraction of sp³-hybridized carbons (Fsp3) is 0.455. The SMILES string of the molecule is CCc1ccc(C(=O)N(C)CC(=O)NC)o1. The van der Waals surface area contributed by atoms with Crippen molar-refractivity contribution >= 4 is 11.8 Å². The number of furan rings is 1. The highest BCUT2D eigenvalue weighted by Gasteiger charge is 2.17. The highest BCUT2D eigenvalue weighted by molar-refractivity contribution is 5.94. The van der Waals surface area contributed by atoms with Crippen LogP contribution >= 0.6 is 0 Å². The molecule has 1 aromatic rings. The maximum Gasteiger partial charge on any atom is 0.289 e. The molecule has 0 saturated carbocycles. The van der Waals surface area contributed by atoms with E-state index in [1.807, 2.05) is 6.92 Å². The third-order valence-electron chi connectivity index (χ3n) is 2.23. The van der Waals surface area contributed by atoms with E-state index in [1.54, 1.807) is 19.2 Å². The molecule has 0 unspecified atom stereocenters. The Balaban J connectivity index is 2.66. The van der Waals surface area contributed by atoms with Crippen LogP contribution in [-0.4, -0.2) is 37.4 Å². The Kier molecular flexibility index (Phi) is 4.10. The van der Waals surface area contributed by atoms with Gasteiger partial charge in [0.15, 0.2) is 5.76 Å². The van der Waals surface area contributed by atoms with E-state index in [-0.39, 0.29) is 24.1 Å². The highest BCUT2D eigenvalue weighted by Crippen LogP contribution is 2.10. The Hall–Kier alpha value is -1.78. The minimum atomic E-state index is -0.289. The number of carbonyl (C=O) groups excluding carboxylic acids is 2. The molecule has 0 aliphatic rings. The summed E-state index contributed by atoms with van der Waals surface area (Å²) in [6.07, 6.45) is 0.743. The van der Waals surface area contributed by atoms with Gasteiger partial charge in [0.2, 0.25) is 5.91 Å². The molecule has 1 rings (SSSR count). The average Bonchev–Trinajstić information content (AvgIpc) is 2.76. The van der Waals surface area contributed by atoms with E-state index in [0.29, 0.717) is 0 Å². The van der Waals surface area contributed by atoms with Gasteiger partial charge in [-0.15, -0.1) is 0 Å². The number of nitrogens with zero attached hydrogens (tertiary/aromatic N) is 1. The van der Waals surface area contributed by atoms with Crippen molar-refractivity contribution in [2.75, 3.05) is 20.6 Å². The van der Waals surface area contributed by atoms with Gasteiger partial charge >= 0.3 is 0 Å². The average molecular weight is 224 g/mol. The Morgan fingerprint density at radius 1 is 1.44 bits per heavy atom. The number of aryl methyl sites for hydroxylation is 1. The minimum Gasteiger partial charge on any atom is -0.456 e. The van der Waals surface area contributed by atoms with Gasteiger partial charge in [-0.3, -0.25) is 9.59 Å². The zero-order valence-corrected chi connectivity index (χ0v) is 9.74. The lowest BCUT2D eigenvalue weighted by molar-refractivity contribution is -0.121. The summed E-state index contributed by atoms with van der Waals surface area (Å²) in [7, 11) is 3.09. The number of amides is 2. The van der Waals surface area contributed by atoms with E-state index in [9.17, 15) is 9.59 Å². The number of rotatable bonds is 4. The second kappa shape index (κ2) is 5.34. The van der Waals surface area contributed by atoms with Gasteiger partial charge in [0.25, 0.3) is 5.91 Å². The van der Waals surface area contributed by atoms with Crippen molar-refractivity contribution in [3.63, 3.8) is 0 Å². The molecule has 0 aliphatic heterocycles. The number of hydrogen-bond donors (Lipinski definition) is 1. The first-order valence-electron chi connectivity index (χ1n) is 5.13. The predicted octanol–water partition coefficient (Wildman–Crippen LogP) is 0.660. The van der Waals surface area contributed by atoms with Gasteiger partial charge in [-0.05, 0) is 12.1 Å². The zero-order valence-electron chi connectivity index (χ0n) is 9.74. The monoisotopic (exact) mass is 224 g/mol. The maximum absolute atomic E-state index is 11.8. The van der Waals surface area contributed by atoms with Crippen LogP contribution in [0.2, 0.25) is 0 Å². The van der Waals surface area contributed by atoms with Gasteiger partial charge in [0.1, 0.15) is 5.76 Å². The molecule has 0 radical (unpaired) electrons. The Bertz CT molecular complexity index is 384. The topological polar surface area (TPSA) is 62.6 Å². The Morgan fingerprint density at radius 2 is 2.12 bits per heavy atom. The Labute approximate surface area is 94.4 Å². The molecule has 0 bridgehead atoms. The molecule has 88 valence electrons. The van der Waals surface area contributed by atoms with E-state index >= 15 is 0 Å². The van der Waals surface area contributed by atoms with E-state index in [4.69, 9.17) is 4.42 Å². The van der Waals surface area contributed by atoms with Crippen molar-refractivity contribution in [2.45, 2.75) is 13.3 Å². The molecule has 1 aromatic heterocycles. The van der Waals surface area contributed by atoms with Gasteiger partial charge in [-0.25, -0.2) is 0 Å². The number of likely N-dealkylation sites (N-methyl/N-ethyl adjacent to an activating group) is 2. The van der Waals surface area contributed by atoms with Crippen LogP contribution in [0.5, 0.6) is 0 Å². The summed E-state index contributed by atoms with van der Waals surface area (Å²) in [6.45, 7) is 1.97. The molecule has 0 aliphatic carbocycles. The zero-order chi connectivity index (χ0) is 12.1. The molecular weight excluding hydrogens is 208 g/mol. The fourth-order valence-corrected chi connectivity index (χ4v) is 1.24. The van der Waals surface area contributed by atoms with E-state index < -0.39 is 0 Å². The van der Waals surface area contributed by atoms with Crippen LogP contribution in [0.25, 0.3) is 0 Å². The molecule has 5 nitrogen and oxygen atoms in total. The van der Waals surface area contributed by atoms with Crippen LogP contribution in [0.15, 0.2) is 16.5 Å². The summed E-state index contributed by atoms with van der Waals surface area (Å²) in [5.74, 6) is 0.529. The van der Waals surface area contributed by atoms with Crippen molar-refractivity contribution in [3.8, 4) is 0 Å². The number of carbonyl (C=O) groups is 2. The first-order valence-corrected chi connectivity index (χ1v) is 5.13. The molecule has 0 saturated heterocycles. The third kappa shape index (κ3) is 2.85. The van der Waals surface area contributed by atoms with Crippen LogP contribution in [0.4, 0.5) is 0 Å². The third-order valence-corrected chi connectivity index (χ3v) is 2.23. The molecule has 1 N–H and O–H groups in total. The summed E-state index contributed by atoms with van der Waals surface area (Å²) >= 11 is 0. The van der Waals surface area contributed by atoms with E-state index in [2.05, 4.69) is 5.32 Å².